The van der Waals surface area contributed by atoms with Crippen molar-refractivity contribution in [2.45, 2.75) is 25.8 Å². The van der Waals surface area contributed by atoms with Crippen LogP contribution in [-0.2, 0) is 6.54 Å². The molecule has 0 radical (unpaired) electrons. The van der Waals surface area contributed by atoms with Crippen LogP contribution in [0.3, 0.4) is 0 Å². The molecule has 1 aromatic heterocycles. The van der Waals surface area contributed by atoms with Gasteiger partial charge < -0.3 is 9.52 Å². The van der Waals surface area contributed by atoms with Crippen LogP contribution >= 0.6 is 0 Å². The minimum absolute atomic E-state index is 0.241. The molecule has 19 heavy (non-hydrogen) atoms. The smallest absolute Gasteiger partial charge is 0.301 e. The molecule has 1 aliphatic heterocycles. The summed E-state index contributed by atoms with van der Waals surface area (Å²) in [6.45, 7) is 2.89. The number of aliphatic hydroxyl groups is 1. The number of furan rings is 1. The topological polar surface area (TPSA) is 91.7 Å². The molecule has 0 bridgehead atoms. The van der Waals surface area contributed by atoms with Gasteiger partial charge in [-0.15, -0.1) is 0 Å². The molecule has 1 saturated heterocycles. The van der Waals surface area contributed by atoms with Gasteiger partial charge in [0.1, 0.15) is 0 Å². The van der Waals surface area contributed by atoms with E-state index in [1.165, 1.54) is 12.7 Å². The SMILES string of the molecule is NNC(=O)c1occc1CN1CCCC(CCO)C1. The highest BCUT2D eigenvalue weighted by atomic mass is 16.3. The van der Waals surface area contributed by atoms with Gasteiger partial charge in [0.2, 0.25) is 0 Å². The number of nitrogen functional groups attached to an aromatic ring is 1. The Balaban J connectivity index is 1.97. The fraction of sp³-hybridized carbons (Fsp3) is 0.615. The first-order valence-corrected chi connectivity index (χ1v) is 6.65. The summed E-state index contributed by atoms with van der Waals surface area (Å²) >= 11 is 0. The van der Waals surface area contributed by atoms with Crippen LogP contribution in [0, 0.1) is 5.92 Å². The monoisotopic (exact) mass is 267 g/mol. The second-order valence-corrected chi connectivity index (χ2v) is 5.00. The number of aliphatic hydroxyl groups excluding tert-OH is 1. The van der Waals surface area contributed by atoms with E-state index in [1.807, 2.05) is 0 Å². The Hall–Kier alpha value is -1.37. The highest BCUT2D eigenvalue weighted by molar-refractivity contribution is 5.92. The first-order chi connectivity index (χ1) is 9.24. The molecule has 1 fully saturated rings. The second kappa shape index (κ2) is 6.70. The van der Waals surface area contributed by atoms with Crippen molar-refractivity contribution in [1.29, 1.82) is 0 Å². The van der Waals surface area contributed by atoms with Crippen LogP contribution in [0.15, 0.2) is 16.7 Å². The van der Waals surface area contributed by atoms with Crippen LogP contribution < -0.4 is 11.3 Å². The normalized spacial score (nSPS) is 20.4. The predicted molar refractivity (Wildman–Crippen MR) is 70.1 cm³/mol. The first kappa shape index (κ1) is 14.0. The minimum atomic E-state index is -0.399. The van der Waals surface area contributed by atoms with Crippen LogP contribution in [-0.4, -0.2) is 35.6 Å². The van der Waals surface area contributed by atoms with Crippen LogP contribution in [0.5, 0.6) is 0 Å². The Morgan fingerprint density at radius 2 is 2.47 bits per heavy atom. The number of carbonyl (C=O) groups excluding carboxylic acids is 1. The van der Waals surface area contributed by atoms with E-state index in [0.717, 1.165) is 31.5 Å². The van der Waals surface area contributed by atoms with Crippen LogP contribution in [0.2, 0.25) is 0 Å². The number of piperidine rings is 1. The zero-order valence-electron chi connectivity index (χ0n) is 11.0. The zero-order chi connectivity index (χ0) is 13.7. The van der Waals surface area contributed by atoms with Crippen molar-refractivity contribution in [3.05, 3.63) is 23.7 Å². The van der Waals surface area contributed by atoms with E-state index >= 15 is 0 Å². The van der Waals surface area contributed by atoms with Gasteiger partial charge in [0.25, 0.3) is 0 Å². The molecule has 0 spiro atoms. The van der Waals surface area contributed by atoms with E-state index in [0.29, 0.717) is 12.5 Å². The maximum Gasteiger partial charge on any atom is 0.301 e. The molecule has 2 rings (SSSR count). The van der Waals surface area contributed by atoms with E-state index in [1.54, 1.807) is 6.07 Å². The van der Waals surface area contributed by atoms with Gasteiger partial charge in [0.15, 0.2) is 5.76 Å². The summed E-state index contributed by atoms with van der Waals surface area (Å²) in [6, 6.07) is 1.81. The number of carbonyl (C=O) groups is 1. The van der Waals surface area contributed by atoms with Gasteiger partial charge in [-0.25, -0.2) is 5.84 Å². The lowest BCUT2D eigenvalue weighted by atomic mass is 9.95. The van der Waals surface area contributed by atoms with E-state index in [-0.39, 0.29) is 12.4 Å². The largest absolute Gasteiger partial charge is 0.459 e. The number of amides is 1. The number of nitrogens with two attached hydrogens (primary N) is 1. The summed E-state index contributed by atoms with van der Waals surface area (Å²) in [6.07, 6.45) is 4.65. The fourth-order valence-corrected chi connectivity index (χ4v) is 2.68. The molecule has 1 unspecified atom stereocenters. The van der Waals surface area contributed by atoms with Gasteiger partial charge in [-0.3, -0.25) is 15.1 Å². The summed E-state index contributed by atoms with van der Waals surface area (Å²) in [5, 5.41) is 9.01. The van der Waals surface area contributed by atoms with Gasteiger partial charge in [0, 0.05) is 25.3 Å². The summed E-state index contributed by atoms with van der Waals surface area (Å²) < 4.78 is 5.17. The quantitative estimate of drug-likeness (QED) is 0.410. The molecular weight excluding hydrogens is 246 g/mol. The Bertz CT molecular complexity index is 417. The minimum Gasteiger partial charge on any atom is -0.459 e. The second-order valence-electron chi connectivity index (χ2n) is 5.00. The van der Waals surface area contributed by atoms with Crippen LogP contribution in [0.1, 0.15) is 35.4 Å². The lowest BCUT2D eigenvalue weighted by Crippen LogP contribution is -2.36. The van der Waals surface area contributed by atoms with Gasteiger partial charge in [-0.2, -0.15) is 0 Å². The molecule has 1 aromatic rings. The number of hydrogen-bond acceptors (Lipinski definition) is 5. The molecular formula is C13H21N3O3. The molecule has 2 heterocycles. The number of likely N-dealkylation sites (tertiary alicyclic amines) is 1. The lowest BCUT2D eigenvalue weighted by molar-refractivity contribution is 0.0921. The maximum atomic E-state index is 11.5. The van der Waals surface area contributed by atoms with Gasteiger partial charge in [0.05, 0.1) is 6.26 Å². The van der Waals surface area contributed by atoms with Crippen molar-refractivity contribution in [1.82, 2.24) is 10.3 Å². The van der Waals surface area contributed by atoms with Crippen LogP contribution in [0.25, 0.3) is 0 Å². The van der Waals surface area contributed by atoms with E-state index in [9.17, 15) is 4.79 Å². The molecule has 0 aromatic carbocycles. The van der Waals surface area contributed by atoms with Crippen molar-refractivity contribution >= 4 is 5.91 Å². The van der Waals surface area contributed by atoms with Crippen molar-refractivity contribution < 1.29 is 14.3 Å². The highest BCUT2D eigenvalue weighted by Gasteiger charge is 2.22. The Morgan fingerprint density at radius 1 is 1.63 bits per heavy atom. The average molecular weight is 267 g/mol. The summed E-state index contributed by atoms with van der Waals surface area (Å²) in [7, 11) is 0. The summed E-state index contributed by atoms with van der Waals surface area (Å²) in [4.78, 5) is 13.8. The van der Waals surface area contributed by atoms with Crippen molar-refractivity contribution in [3.63, 3.8) is 0 Å². The third kappa shape index (κ3) is 3.56. The van der Waals surface area contributed by atoms with Crippen molar-refractivity contribution in [2.75, 3.05) is 19.7 Å². The van der Waals surface area contributed by atoms with E-state index < -0.39 is 5.91 Å². The van der Waals surface area contributed by atoms with Gasteiger partial charge in [-0.1, -0.05) is 0 Å². The van der Waals surface area contributed by atoms with Crippen molar-refractivity contribution in [3.8, 4) is 0 Å². The predicted octanol–water partition coefficient (Wildman–Crippen LogP) is 0.477. The van der Waals surface area contributed by atoms with E-state index in [2.05, 4.69) is 10.3 Å². The molecule has 1 amide bonds. The third-order valence-corrected chi connectivity index (χ3v) is 3.62. The highest BCUT2D eigenvalue weighted by Crippen LogP contribution is 2.22. The number of nitrogens with zero attached hydrogens (tertiary/aromatic N) is 1. The Labute approximate surface area is 112 Å². The number of hydrazine groups is 1. The molecule has 1 aliphatic rings. The molecule has 0 aliphatic carbocycles. The molecule has 6 nitrogen and oxygen atoms in total. The van der Waals surface area contributed by atoms with Crippen LogP contribution in [0.4, 0.5) is 0 Å². The number of nitrogens with one attached hydrogen (secondary N) is 1. The number of rotatable bonds is 5. The molecule has 6 heteroatoms. The van der Waals surface area contributed by atoms with E-state index in [4.69, 9.17) is 15.4 Å². The molecule has 4 N–H and O–H groups in total. The Kier molecular flexibility index (Phi) is 4.95. The summed E-state index contributed by atoms with van der Waals surface area (Å²) in [5.74, 6) is 5.55. The third-order valence-electron chi connectivity index (χ3n) is 3.62. The number of hydrogen-bond donors (Lipinski definition) is 3. The van der Waals surface area contributed by atoms with Gasteiger partial charge >= 0.3 is 5.91 Å². The maximum absolute atomic E-state index is 11.5. The first-order valence-electron chi connectivity index (χ1n) is 6.65. The molecule has 106 valence electrons. The van der Waals surface area contributed by atoms with Crippen molar-refractivity contribution in [2.24, 2.45) is 11.8 Å². The zero-order valence-corrected chi connectivity index (χ0v) is 11.0. The standard InChI is InChI=1S/C13H21N3O3/c14-15-13(18)12-11(4-7-19-12)9-16-5-1-2-10(8-16)3-6-17/h4,7,10,17H,1-3,5-6,8-9,14H2,(H,15,18). The fourth-order valence-electron chi connectivity index (χ4n) is 2.68. The van der Waals surface area contributed by atoms with Gasteiger partial charge in [-0.05, 0) is 37.8 Å². The average Bonchev–Trinajstić information content (AvgIpc) is 2.87. The molecule has 1 atom stereocenters. The summed E-state index contributed by atoms with van der Waals surface area (Å²) in [5.41, 5.74) is 2.94. The molecule has 0 saturated carbocycles. The Morgan fingerprint density at radius 3 is 3.21 bits per heavy atom. The lowest BCUT2D eigenvalue weighted by Gasteiger charge is -2.32.